The lowest BCUT2D eigenvalue weighted by Crippen LogP contribution is -2.12. The van der Waals surface area contributed by atoms with E-state index in [2.05, 4.69) is 88.1 Å². The molecule has 0 amide bonds. The summed E-state index contributed by atoms with van der Waals surface area (Å²) in [7, 11) is 0. The quantitative estimate of drug-likeness (QED) is 0.278. The van der Waals surface area contributed by atoms with Crippen molar-refractivity contribution in [1.29, 1.82) is 0 Å². The van der Waals surface area contributed by atoms with E-state index in [0.717, 1.165) is 27.7 Å². The smallest absolute Gasteiger partial charge is 0.192 e. The van der Waals surface area contributed by atoms with Crippen LogP contribution in [0.1, 0.15) is 57.6 Å². The third-order valence-corrected chi connectivity index (χ3v) is 6.14. The average molecular weight is 409 g/mol. The van der Waals surface area contributed by atoms with Gasteiger partial charge in [0.15, 0.2) is 11.5 Å². The first kappa shape index (κ1) is 19.7. The van der Waals surface area contributed by atoms with Crippen LogP contribution in [0.3, 0.4) is 0 Å². The third-order valence-electron chi connectivity index (χ3n) is 6.14. The molecular formula is C28H28N2O. The van der Waals surface area contributed by atoms with Gasteiger partial charge in [0.2, 0.25) is 0 Å². The van der Waals surface area contributed by atoms with Crippen LogP contribution >= 0.6 is 0 Å². The zero-order chi connectivity index (χ0) is 21.9. The second-order valence-corrected chi connectivity index (χ2v) is 9.77. The molecule has 0 aliphatic carbocycles. The predicted molar refractivity (Wildman–Crippen MR) is 130 cm³/mol. The van der Waals surface area contributed by atoms with Crippen LogP contribution in [-0.4, -0.2) is 9.97 Å². The number of hydrogen-bond donors (Lipinski definition) is 0. The van der Waals surface area contributed by atoms with Crippen molar-refractivity contribution >= 4 is 32.6 Å². The Bertz CT molecular complexity index is 1450. The second-order valence-electron chi connectivity index (χ2n) is 9.77. The van der Waals surface area contributed by atoms with Crippen LogP contribution in [-0.2, 0) is 5.41 Å². The van der Waals surface area contributed by atoms with Gasteiger partial charge in [-0.2, -0.15) is 0 Å². The number of oxazole rings is 1. The van der Waals surface area contributed by atoms with Gasteiger partial charge in [0, 0.05) is 24.1 Å². The van der Waals surface area contributed by atoms with Gasteiger partial charge in [-0.1, -0.05) is 65.0 Å². The minimum Gasteiger partial charge on any atom is -0.441 e. The van der Waals surface area contributed by atoms with Crippen molar-refractivity contribution in [3.63, 3.8) is 0 Å². The molecule has 0 saturated carbocycles. The molecule has 0 saturated heterocycles. The highest BCUT2D eigenvalue weighted by Crippen LogP contribution is 2.38. The van der Waals surface area contributed by atoms with Crippen LogP contribution in [0.4, 0.5) is 0 Å². The summed E-state index contributed by atoms with van der Waals surface area (Å²) in [6.45, 7) is 13.0. The molecule has 0 aliphatic rings. The fourth-order valence-corrected chi connectivity index (χ4v) is 4.63. The van der Waals surface area contributed by atoms with Crippen molar-refractivity contribution in [2.45, 2.75) is 52.9 Å². The maximum absolute atomic E-state index is 5.95. The lowest BCUT2D eigenvalue weighted by Gasteiger charge is -2.20. The average Bonchev–Trinajstić information content (AvgIpc) is 3.10. The number of nitrogens with zero attached hydrogens (tertiary/aromatic N) is 2. The molecular weight excluding hydrogens is 380 g/mol. The Morgan fingerprint density at radius 3 is 2.35 bits per heavy atom. The first-order valence-corrected chi connectivity index (χ1v) is 11.0. The molecule has 3 heteroatoms. The molecule has 0 spiro atoms. The third kappa shape index (κ3) is 3.20. The van der Waals surface area contributed by atoms with Gasteiger partial charge in [0.05, 0.1) is 5.69 Å². The Kier molecular flexibility index (Phi) is 4.40. The van der Waals surface area contributed by atoms with Crippen LogP contribution in [0.15, 0.2) is 59.1 Å². The van der Waals surface area contributed by atoms with Crippen LogP contribution < -0.4 is 0 Å². The number of aryl methyl sites for hydroxylation is 1. The summed E-state index contributed by atoms with van der Waals surface area (Å²) < 4.78 is 5.95. The van der Waals surface area contributed by atoms with Gasteiger partial charge >= 0.3 is 0 Å². The Morgan fingerprint density at radius 2 is 1.61 bits per heavy atom. The van der Waals surface area contributed by atoms with E-state index < -0.39 is 0 Å². The summed E-state index contributed by atoms with van der Waals surface area (Å²) >= 11 is 0. The normalized spacial score (nSPS) is 12.5. The van der Waals surface area contributed by atoms with Crippen LogP contribution in [0.5, 0.6) is 0 Å². The van der Waals surface area contributed by atoms with Gasteiger partial charge in [0.1, 0.15) is 5.52 Å². The molecule has 3 aromatic carbocycles. The topological polar surface area (TPSA) is 38.9 Å². The predicted octanol–water partition coefficient (Wildman–Crippen LogP) is 7.93. The maximum Gasteiger partial charge on any atom is 0.192 e. The summed E-state index contributed by atoms with van der Waals surface area (Å²) in [5.74, 6) is 1.17. The van der Waals surface area contributed by atoms with Crippen molar-refractivity contribution in [3.8, 4) is 11.3 Å². The Morgan fingerprint density at radius 1 is 0.871 bits per heavy atom. The summed E-state index contributed by atoms with van der Waals surface area (Å²) in [6.07, 6.45) is 1.92. The molecule has 0 atom stereocenters. The summed E-state index contributed by atoms with van der Waals surface area (Å²) in [5, 5.41) is 4.99. The van der Waals surface area contributed by atoms with Crippen molar-refractivity contribution in [3.05, 3.63) is 71.7 Å². The molecule has 2 heterocycles. The van der Waals surface area contributed by atoms with E-state index in [1.54, 1.807) is 0 Å². The van der Waals surface area contributed by atoms with E-state index in [1.807, 2.05) is 13.1 Å². The highest BCUT2D eigenvalue weighted by atomic mass is 16.3. The number of hydrogen-bond acceptors (Lipinski definition) is 3. The molecule has 0 fully saturated rings. The number of benzene rings is 3. The van der Waals surface area contributed by atoms with E-state index in [1.165, 1.54) is 27.3 Å². The number of pyridine rings is 1. The van der Waals surface area contributed by atoms with E-state index in [0.29, 0.717) is 11.8 Å². The number of fused-ring (bicyclic) bond motifs is 4. The number of rotatable bonds is 2. The molecule has 0 unspecified atom stereocenters. The lowest BCUT2D eigenvalue weighted by atomic mass is 9.84. The fourth-order valence-electron chi connectivity index (χ4n) is 4.63. The highest BCUT2D eigenvalue weighted by Gasteiger charge is 2.22. The fraction of sp³-hybridized carbons (Fsp3) is 0.286. The first-order valence-electron chi connectivity index (χ1n) is 11.0. The zero-order valence-corrected chi connectivity index (χ0v) is 19.1. The standard InChI is InChI=1S/C28H28N2O/c1-16(2)19-8-7-9-20-21(19)10-11-23-22(20)12-13-29-26(23)18-14-24(28(4,5)6)27-25(15-18)31-17(3)30-27/h7-16H,1-6H3. The van der Waals surface area contributed by atoms with Gasteiger partial charge in [-0.15, -0.1) is 0 Å². The minimum absolute atomic E-state index is 0.0545. The first-order chi connectivity index (χ1) is 14.7. The molecule has 0 aliphatic heterocycles. The molecule has 31 heavy (non-hydrogen) atoms. The van der Waals surface area contributed by atoms with Crippen molar-refractivity contribution in [2.24, 2.45) is 0 Å². The van der Waals surface area contributed by atoms with Crippen molar-refractivity contribution < 1.29 is 4.42 Å². The number of aromatic nitrogens is 2. The summed E-state index contributed by atoms with van der Waals surface area (Å²) in [6, 6.07) is 17.5. The molecule has 5 rings (SSSR count). The molecule has 156 valence electrons. The largest absolute Gasteiger partial charge is 0.441 e. The van der Waals surface area contributed by atoms with Gasteiger partial charge in [-0.3, -0.25) is 4.98 Å². The van der Waals surface area contributed by atoms with Crippen LogP contribution in [0.2, 0.25) is 0 Å². The highest BCUT2D eigenvalue weighted by molar-refractivity contribution is 6.12. The van der Waals surface area contributed by atoms with Crippen molar-refractivity contribution in [1.82, 2.24) is 9.97 Å². The SMILES string of the molecule is Cc1nc2c(C(C)(C)C)cc(-c3nccc4c3ccc3c(C(C)C)cccc34)cc2o1. The van der Waals surface area contributed by atoms with E-state index in [4.69, 9.17) is 9.40 Å². The zero-order valence-electron chi connectivity index (χ0n) is 19.1. The van der Waals surface area contributed by atoms with Crippen LogP contribution in [0, 0.1) is 6.92 Å². The summed E-state index contributed by atoms with van der Waals surface area (Å²) in [4.78, 5) is 9.47. The Labute approximate surface area is 183 Å². The summed E-state index contributed by atoms with van der Waals surface area (Å²) in [5.41, 5.74) is 6.32. The molecule has 2 aromatic heterocycles. The van der Waals surface area contributed by atoms with Gasteiger partial charge in [-0.25, -0.2) is 4.98 Å². The minimum atomic E-state index is -0.0545. The Balaban J connectivity index is 1.83. The van der Waals surface area contributed by atoms with Crippen LogP contribution in [0.25, 0.3) is 43.9 Å². The Hall–Kier alpha value is -3.20. The lowest BCUT2D eigenvalue weighted by molar-refractivity contribution is 0.561. The second kappa shape index (κ2) is 6.91. The molecule has 3 nitrogen and oxygen atoms in total. The monoisotopic (exact) mass is 408 g/mol. The van der Waals surface area contributed by atoms with E-state index in [-0.39, 0.29) is 5.41 Å². The molecule has 5 aromatic rings. The maximum atomic E-state index is 5.95. The molecule has 0 radical (unpaired) electrons. The van der Waals surface area contributed by atoms with E-state index >= 15 is 0 Å². The van der Waals surface area contributed by atoms with Gasteiger partial charge in [0.25, 0.3) is 0 Å². The molecule has 0 bridgehead atoms. The van der Waals surface area contributed by atoms with E-state index in [9.17, 15) is 0 Å². The van der Waals surface area contributed by atoms with Gasteiger partial charge < -0.3 is 4.42 Å². The molecule has 0 N–H and O–H groups in total. The van der Waals surface area contributed by atoms with Crippen molar-refractivity contribution in [2.75, 3.05) is 0 Å². The van der Waals surface area contributed by atoms with Gasteiger partial charge in [-0.05, 0) is 56.8 Å².